The summed E-state index contributed by atoms with van der Waals surface area (Å²) in [6, 6.07) is 19.7. The van der Waals surface area contributed by atoms with Crippen LogP contribution < -0.4 is 16.0 Å². The number of nitrogens with zero attached hydrogens (tertiary/aromatic N) is 3. The van der Waals surface area contributed by atoms with Crippen LogP contribution in [0.1, 0.15) is 30.7 Å². The number of aliphatic hydroxyl groups is 1. The van der Waals surface area contributed by atoms with Gasteiger partial charge in [0.05, 0.1) is 12.0 Å². The number of para-hydroxylation sites is 1. The first-order valence-corrected chi connectivity index (χ1v) is 12.3. The number of nitrogens with one attached hydrogen (secondary N) is 3. The molecular weight excluding hydrogens is 464 g/mol. The third-order valence-corrected chi connectivity index (χ3v) is 6.53. The van der Waals surface area contributed by atoms with Crippen molar-refractivity contribution in [3.63, 3.8) is 0 Å². The molecule has 8 nitrogen and oxygen atoms in total. The van der Waals surface area contributed by atoms with Crippen LogP contribution in [0.25, 0.3) is 22.1 Å². The lowest BCUT2D eigenvalue weighted by Gasteiger charge is -2.19. The molecule has 8 heteroatoms. The van der Waals surface area contributed by atoms with E-state index in [0.717, 1.165) is 47.3 Å². The third-order valence-electron chi connectivity index (χ3n) is 6.53. The van der Waals surface area contributed by atoms with Gasteiger partial charge in [0.15, 0.2) is 0 Å². The van der Waals surface area contributed by atoms with Gasteiger partial charge in [0.2, 0.25) is 5.95 Å². The minimum atomic E-state index is -1.07. The molecule has 0 unspecified atom stereocenters. The highest BCUT2D eigenvalue weighted by atomic mass is 16.3. The number of hydrogen-bond donors (Lipinski definition) is 4. The molecule has 3 aromatic heterocycles. The van der Waals surface area contributed by atoms with E-state index in [1.54, 1.807) is 32.4 Å². The van der Waals surface area contributed by atoms with Gasteiger partial charge < -0.3 is 25.5 Å². The van der Waals surface area contributed by atoms with E-state index in [9.17, 15) is 5.11 Å². The Hall–Kier alpha value is -4.27. The molecular formula is C29H28N6O2. The molecule has 2 aromatic carbocycles. The van der Waals surface area contributed by atoms with Crippen molar-refractivity contribution >= 4 is 34.2 Å². The average molecular weight is 493 g/mol. The van der Waals surface area contributed by atoms with Gasteiger partial charge in [-0.1, -0.05) is 30.3 Å². The van der Waals surface area contributed by atoms with Crippen LogP contribution in [0.4, 0.5) is 23.3 Å². The maximum absolute atomic E-state index is 10.5. The zero-order valence-corrected chi connectivity index (χ0v) is 20.7. The molecule has 1 aliphatic rings. The Morgan fingerprint density at radius 1 is 0.946 bits per heavy atom. The lowest BCUT2D eigenvalue weighted by molar-refractivity contribution is 0.0740. The van der Waals surface area contributed by atoms with Crippen LogP contribution in [0, 0.1) is 0 Å². The molecule has 6 rings (SSSR count). The third kappa shape index (κ3) is 4.76. The fraction of sp³-hybridized carbons (Fsp3) is 0.207. The summed E-state index contributed by atoms with van der Waals surface area (Å²) in [5.74, 6) is 1.61. The smallest absolute Gasteiger partial charge is 0.229 e. The number of pyridine rings is 1. The summed E-state index contributed by atoms with van der Waals surface area (Å²) < 4.78 is 5.80. The van der Waals surface area contributed by atoms with Crippen LogP contribution in [-0.4, -0.2) is 26.6 Å². The van der Waals surface area contributed by atoms with Crippen molar-refractivity contribution in [3.05, 3.63) is 89.9 Å². The van der Waals surface area contributed by atoms with Crippen LogP contribution in [0.5, 0.6) is 0 Å². The molecule has 4 heterocycles. The van der Waals surface area contributed by atoms with Gasteiger partial charge in [-0.2, -0.15) is 4.98 Å². The second-order valence-corrected chi connectivity index (χ2v) is 9.73. The van der Waals surface area contributed by atoms with E-state index in [0.29, 0.717) is 23.3 Å². The zero-order chi connectivity index (χ0) is 25.4. The highest BCUT2D eigenvalue weighted by Crippen LogP contribution is 2.36. The van der Waals surface area contributed by atoms with Crippen molar-refractivity contribution in [2.24, 2.45) is 0 Å². The summed E-state index contributed by atoms with van der Waals surface area (Å²) >= 11 is 0. The molecule has 0 amide bonds. The Morgan fingerprint density at radius 3 is 2.73 bits per heavy atom. The topological polar surface area (TPSA) is 108 Å². The van der Waals surface area contributed by atoms with Crippen molar-refractivity contribution in [1.82, 2.24) is 20.3 Å². The molecule has 37 heavy (non-hydrogen) atoms. The van der Waals surface area contributed by atoms with E-state index in [4.69, 9.17) is 9.40 Å². The van der Waals surface area contributed by atoms with Crippen molar-refractivity contribution in [3.8, 4) is 11.1 Å². The van der Waals surface area contributed by atoms with Gasteiger partial charge in [0.1, 0.15) is 22.8 Å². The first-order valence-electron chi connectivity index (χ1n) is 12.3. The van der Waals surface area contributed by atoms with E-state index in [1.807, 2.05) is 42.5 Å². The Labute approximate surface area is 214 Å². The number of aromatic nitrogens is 3. The summed E-state index contributed by atoms with van der Waals surface area (Å²) in [5.41, 5.74) is 5.53. The van der Waals surface area contributed by atoms with Gasteiger partial charge in [0.25, 0.3) is 0 Å². The number of fused-ring (bicyclic) bond motifs is 2. The monoisotopic (exact) mass is 492 g/mol. The summed E-state index contributed by atoms with van der Waals surface area (Å²) in [5, 5.41) is 21.5. The maximum atomic E-state index is 10.5. The number of hydrogen-bond acceptors (Lipinski definition) is 8. The summed E-state index contributed by atoms with van der Waals surface area (Å²) in [6.45, 7) is 5.29. The molecule has 0 fully saturated rings. The molecule has 0 saturated carbocycles. The molecule has 0 spiro atoms. The van der Waals surface area contributed by atoms with E-state index in [2.05, 4.69) is 38.1 Å². The summed E-state index contributed by atoms with van der Waals surface area (Å²) in [4.78, 5) is 14.1. The van der Waals surface area contributed by atoms with Crippen LogP contribution in [0.2, 0.25) is 0 Å². The predicted octanol–water partition coefficient (Wildman–Crippen LogP) is 5.65. The molecule has 0 aliphatic carbocycles. The molecule has 0 atom stereocenters. The van der Waals surface area contributed by atoms with Gasteiger partial charge in [0, 0.05) is 34.9 Å². The first kappa shape index (κ1) is 23.1. The van der Waals surface area contributed by atoms with Crippen molar-refractivity contribution in [1.29, 1.82) is 0 Å². The fourth-order valence-corrected chi connectivity index (χ4v) is 4.57. The standard InChI is InChI=1S/C29H28N6O2/c1-29(2,36)25-8-5-9-26(33-25)34-27-22(23-17-37-24-7-4-3-6-21(23)24)16-31-28(35-27)32-20-11-10-19-15-30-13-12-18(19)14-20/h3-11,14,16-17,30,36H,12-13,15H2,1-2H3,(H2,31,32,33,34,35). The maximum Gasteiger partial charge on any atom is 0.229 e. The second kappa shape index (κ2) is 9.31. The minimum absolute atomic E-state index is 0.464. The second-order valence-electron chi connectivity index (χ2n) is 9.73. The number of furan rings is 1. The zero-order valence-electron chi connectivity index (χ0n) is 20.7. The van der Waals surface area contributed by atoms with Gasteiger partial charge >= 0.3 is 0 Å². The fourth-order valence-electron chi connectivity index (χ4n) is 4.57. The normalized spacial score (nSPS) is 13.4. The molecule has 0 bridgehead atoms. The van der Waals surface area contributed by atoms with Crippen molar-refractivity contribution < 1.29 is 9.52 Å². The van der Waals surface area contributed by atoms with Crippen LogP contribution in [0.15, 0.2) is 77.5 Å². The molecule has 4 N–H and O–H groups in total. The molecule has 186 valence electrons. The molecule has 0 radical (unpaired) electrons. The number of rotatable bonds is 6. The van der Waals surface area contributed by atoms with E-state index in [-0.39, 0.29) is 0 Å². The van der Waals surface area contributed by atoms with Crippen molar-refractivity contribution in [2.45, 2.75) is 32.4 Å². The van der Waals surface area contributed by atoms with Gasteiger partial charge in [-0.05, 0) is 68.3 Å². The summed E-state index contributed by atoms with van der Waals surface area (Å²) in [7, 11) is 0. The average Bonchev–Trinajstić information content (AvgIpc) is 3.33. The van der Waals surface area contributed by atoms with E-state index in [1.165, 1.54) is 11.1 Å². The quantitative estimate of drug-likeness (QED) is 0.241. The first-order chi connectivity index (χ1) is 17.9. The Morgan fingerprint density at radius 2 is 1.84 bits per heavy atom. The Bertz CT molecular complexity index is 1590. The number of benzene rings is 2. The van der Waals surface area contributed by atoms with E-state index >= 15 is 0 Å². The van der Waals surface area contributed by atoms with Gasteiger partial charge in [-0.3, -0.25) is 0 Å². The highest BCUT2D eigenvalue weighted by Gasteiger charge is 2.20. The Kier molecular flexibility index (Phi) is 5.82. The molecule has 0 saturated heterocycles. The van der Waals surface area contributed by atoms with Crippen LogP contribution >= 0.6 is 0 Å². The number of anilines is 4. The predicted molar refractivity (Wildman–Crippen MR) is 145 cm³/mol. The van der Waals surface area contributed by atoms with Gasteiger partial charge in [-0.25, -0.2) is 9.97 Å². The minimum Gasteiger partial charge on any atom is -0.464 e. The Balaban J connectivity index is 1.40. The largest absolute Gasteiger partial charge is 0.464 e. The molecule has 1 aliphatic heterocycles. The van der Waals surface area contributed by atoms with Gasteiger partial charge in [-0.15, -0.1) is 0 Å². The SMILES string of the molecule is CC(C)(O)c1cccc(Nc2nc(Nc3ccc4c(c3)CCNC4)ncc2-c2coc3ccccc23)n1. The van der Waals surface area contributed by atoms with Crippen LogP contribution in [-0.2, 0) is 18.6 Å². The van der Waals surface area contributed by atoms with E-state index < -0.39 is 5.60 Å². The van der Waals surface area contributed by atoms with Crippen LogP contribution in [0.3, 0.4) is 0 Å². The highest BCUT2D eigenvalue weighted by molar-refractivity contribution is 5.97. The summed E-state index contributed by atoms with van der Waals surface area (Å²) in [6.07, 6.45) is 4.51. The lowest BCUT2D eigenvalue weighted by atomic mass is 10.0. The van der Waals surface area contributed by atoms with Crippen molar-refractivity contribution in [2.75, 3.05) is 17.2 Å². The molecule has 5 aromatic rings. The lowest BCUT2D eigenvalue weighted by Crippen LogP contribution is -2.23.